The summed E-state index contributed by atoms with van der Waals surface area (Å²) in [6, 6.07) is 4.11. The average Bonchev–Trinajstić information content (AvgIpc) is 2.67. The molecule has 0 saturated carbocycles. The zero-order valence-corrected chi connectivity index (χ0v) is 15.3. The average molecular weight is 397 g/mol. The lowest BCUT2D eigenvalue weighted by molar-refractivity contribution is 0.0775. The highest BCUT2D eigenvalue weighted by molar-refractivity contribution is 6.30. The summed E-state index contributed by atoms with van der Waals surface area (Å²) in [7, 11) is 1.48. The molecule has 0 bridgehead atoms. The third-order valence-corrected chi connectivity index (χ3v) is 4.44. The van der Waals surface area contributed by atoms with Crippen molar-refractivity contribution < 1.29 is 19.0 Å². The maximum atomic E-state index is 13.3. The number of ether oxygens (including phenoxy) is 1. The predicted molar refractivity (Wildman–Crippen MR) is 96.8 cm³/mol. The topological polar surface area (TPSA) is 98.8 Å². The van der Waals surface area contributed by atoms with Crippen molar-refractivity contribution in [3.63, 3.8) is 0 Å². The highest BCUT2D eigenvalue weighted by Crippen LogP contribution is 2.19. The third-order valence-electron chi connectivity index (χ3n) is 4.15. The Kier molecular flexibility index (Phi) is 5.62. The standard InChI is InChI=1S/C17H18ClFN4O4/c1-22(9-10-2-3-12(19)11(18)8-10)16(26)13-14(24)15(25)21-17(20-13)23-4-6-27-7-5-23/h2-3,8,24H,4-7,9H2,1H3,(H,20,21,25). The van der Waals surface area contributed by atoms with Crippen molar-refractivity contribution in [2.45, 2.75) is 6.54 Å². The number of nitrogens with one attached hydrogen (secondary N) is 1. The number of anilines is 1. The Morgan fingerprint density at radius 1 is 1.44 bits per heavy atom. The van der Waals surface area contributed by atoms with Crippen molar-refractivity contribution in [2.24, 2.45) is 0 Å². The lowest BCUT2D eigenvalue weighted by Gasteiger charge is -2.27. The summed E-state index contributed by atoms with van der Waals surface area (Å²) in [4.78, 5) is 34.4. The summed E-state index contributed by atoms with van der Waals surface area (Å²) >= 11 is 5.75. The number of nitrogens with zero attached hydrogens (tertiary/aromatic N) is 3. The second-order valence-electron chi connectivity index (χ2n) is 6.10. The van der Waals surface area contributed by atoms with Crippen LogP contribution in [0.5, 0.6) is 5.75 Å². The largest absolute Gasteiger partial charge is 0.501 e. The second-order valence-corrected chi connectivity index (χ2v) is 6.50. The Morgan fingerprint density at radius 3 is 2.81 bits per heavy atom. The minimum Gasteiger partial charge on any atom is -0.501 e. The molecule has 0 radical (unpaired) electrons. The summed E-state index contributed by atoms with van der Waals surface area (Å²) < 4.78 is 18.5. The number of hydrogen-bond donors (Lipinski definition) is 2. The van der Waals surface area contributed by atoms with Crippen LogP contribution in [-0.4, -0.2) is 59.2 Å². The first-order valence-electron chi connectivity index (χ1n) is 8.22. The van der Waals surface area contributed by atoms with Crippen molar-refractivity contribution in [3.8, 4) is 5.75 Å². The van der Waals surface area contributed by atoms with Gasteiger partial charge in [0.15, 0.2) is 5.69 Å². The van der Waals surface area contributed by atoms with Crippen LogP contribution in [0, 0.1) is 5.82 Å². The van der Waals surface area contributed by atoms with Gasteiger partial charge in [-0.15, -0.1) is 0 Å². The lowest BCUT2D eigenvalue weighted by Crippen LogP contribution is -2.39. The van der Waals surface area contributed by atoms with Gasteiger partial charge in [0, 0.05) is 26.7 Å². The number of aromatic amines is 1. The van der Waals surface area contributed by atoms with Gasteiger partial charge in [-0.25, -0.2) is 9.37 Å². The van der Waals surface area contributed by atoms with Gasteiger partial charge in [0.25, 0.3) is 11.5 Å². The normalized spacial score (nSPS) is 14.3. The molecule has 2 aromatic rings. The molecule has 0 unspecified atom stereocenters. The maximum Gasteiger partial charge on any atom is 0.295 e. The first-order chi connectivity index (χ1) is 12.9. The molecule has 144 valence electrons. The minimum atomic E-state index is -0.798. The number of carbonyl (C=O) groups is 1. The fraction of sp³-hybridized carbons (Fsp3) is 0.353. The van der Waals surface area contributed by atoms with E-state index in [2.05, 4.69) is 9.97 Å². The van der Waals surface area contributed by atoms with E-state index in [1.165, 1.54) is 30.1 Å². The zero-order chi connectivity index (χ0) is 19.6. The van der Waals surface area contributed by atoms with Gasteiger partial charge in [-0.3, -0.25) is 14.6 Å². The van der Waals surface area contributed by atoms with Gasteiger partial charge in [-0.1, -0.05) is 17.7 Å². The van der Waals surface area contributed by atoms with E-state index in [0.717, 1.165) is 0 Å². The van der Waals surface area contributed by atoms with Crippen LogP contribution in [0.4, 0.5) is 10.3 Å². The molecule has 1 aromatic carbocycles. The van der Waals surface area contributed by atoms with Gasteiger partial charge < -0.3 is 19.6 Å². The van der Waals surface area contributed by atoms with E-state index < -0.39 is 23.0 Å². The van der Waals surface area contributed by atoms with E-state index in [9.17, 15) is 19.1 Å². The molecule has 0 aliphatic carbocycles. The molecule has 1 aliphatic rings. The number of benzene rings is 1. The fourth-order valence-corrected chi connectivity index (χ4v) is 2.90. The van der Waals surface area contributed by atoms with Crippen molar-refractivity contribution in [1.29, 1.82) is 0 Å². The number of aromatic nitrogens is 2. The maximum absolute atomic E-state index is 13.3. The van der Waals surface area contributed by atoms with Crippen LogP contribution in [0.1, 0.15) is 16.1 Å². The van der Waals surface area contributed by atoms with Crippen molar-refractivity contribution in [1.82, 2.24) is 14.9 Å². The number of rotatable bonds is 4. The summed E-state index contributed by atoms with van der Waals surface area (Å²) in [5, 5.41) is 9.96. The Morgan fingerprint density at radius 2 is 2.15 bits per heavy atom. The summed E-state index contributed by atoms with van der Waals surface area (Å²) in [5.74, 6) is -1.75. The zero-order valence-electron chi connectivity index (χ0n) is 14.5. The predicted octanol–water partition coefficient (Wildman–Crippen LogP) is 1.38. The van der Waals surface area contributed by atoms with Gasteiger partial charge in [0.05, 0.1) is 18.2 Å². The van der Waals surface area contributed by atoms with Crippen LogP contribution in [-0.2, 0) is 11.3 Å². The number of hydrogen-bond acceptors (Lipinski definition) is 6. The highest BCUT2D eigenvalue weighted by Gasteiger charge is 2.24. The number of aromatic hydroxyl groups is 1. The molecule has 27 heavy (non-hydrogen) atoms. The number of H-pyrrole nitrogens is 1. The number of amides is 1. The molecule has 10 heteroatoms. The molecule has 1 amide bonds. The van der Waals surface area contributed by atoms with Gasteiger partial charge in [0.2, 0.25) is 11.7 Å². The van der Waals surface area contributed by atoms with Gasteiger partial charge in [-0.2, -0.15) is 0 Å². The van der Waals surface area contributed by atoms with E-state index in [0.29, 0.717) is 31.9 Å². The molecular formula is C17H18ClFN4O4. The SMILES string of the molecule is CN(Cc1ccc(F)c(Cl)c1)C(=O)c1nc(N2CCOCC2)[nH]c(=O)c1O. The minimum absolute atomic E-state index is 0.0555. The molecule has 1 aliphatic heterocycles. The molecule has 3 rings (SSSR count). The van der Waals surface area contributed by atoms with E-state index in [-0.39, 0.29) is 23.2 Å². The molecule has 8 nitrogen and oxygen atoms in total. The molecule has 2 N–H and O–H groups in total. The van der Waals surface area contributed by atoms with Crippen LogP contribution >= 0.6 is 11.6 Å². The smallest absolute Gasteiger partial charge is 0.295 e. The molecule has 2 heterocycles. The quantitative estimate of drug-likeness (QED) is 0.810. The van der Waals surface area contributed by atoms with Crippen molar-refractivity contribution in [2.75, 3.05) is 38.3 Å². The molecule has 0 atom stereocenters. The highest BCUT2D eigenvalue weighted by atomic mass is 35.5. The van der Waals surface area contributed by atoms with E-state index >= 15 is 0 Å². The molecule has 1 saturated heterocycles. The number of morpholine rings is 1. The van der Waals surface area contributed by atoms with Crippen LogP contribution in [0.15, 0.2) is 23.0 Å². The van der Waals surface area contributed by atoms with Crippen molar-refractivity contribution >= 4 is 23.5 Å². The summed E-state index contributed by atoms with van der Waals surface area (Å²) in [6.07, 6.45) is 0. The molecule has 0 spiro atoms. The van der Waals surface area contributed by atoms with Crippen LogP contribution in [0.2, 0.25) is 5.02 Å². The second kappa shape index (κ2) is 7.93. The van der Waals surface area contributed by atoms with Gasteiger partial charge in [0.1, 0.15) is 5.82 Å². The monoisotopic (exact) mass is 396 g/mol. The first kappa shape index (κ1) is 19.1. The Bertz CT molecular complexity index is 914. The fourth-order valence-electron chi connectivity index (χ4n) is 2.69. The molecule has 1 fully saturated rings. The van der Waals surface area contributed by atoms with Crippen molar-refractivity contribution in [3.05, 3.63) is 50.7 Å². The summed E-state index contributed by atoms with van der Waals surface area (Å²) in [6.45, 7) is 2.05. The van der Waals surface area contributed by atoms with Crippen LogP contribution in [0.25, 0.3) is 0 Å². The van der Waals surface area contributed by atoms with Crippen LogP contribution < -0.4 is 10.5 Å². The Balaban J connectivity index is 1.85. The first-order valence-corrected chi connectivity index (χ1v) is 8.60. The van der Waals surface area contributed by atoms with E-state index in [1.54, 1.807) is 4.90 Å². The number of halogens is 2. The third kappa shape index (κ3) is 4.20. The van der Waals surface area contributed by atoms with Crippen LogP contribution in [0.3, 0.4) is 0 Å². The van der Waals surface area contributed by atoms with Gasteiger partial charge in [-0.05, 0) is 17.7 Å². The Labute approximate surface area is 159 Å². The summed E-state index contributed by atoms with van der Waals surface area (Å²) in [5.41, 5.74) is -0.556. The number of carbonyl (C=O) groups excluding carboxylic acids is 1. The van der Waals surface area contributed by atoms with E-state index in [4.69, 9.17) is 16.3 Å². The van der Waals surface area contributed by atoms with E-state index in [1.807, 2.05) is 0 Å². The molecule has 1 aromatic heterocycles. The molecular weight excluding hydrogens is 379 g/mol. The van der Waals surface area contributed by atoms with Gasteiger partial charge >= 0.3 is 0 Å². The Hall–Kier alpha value is -2.65. The lowest BCUT2D eigenvalue weighted by atomic mass is 10.2.